The molecule has 2 aliphatic rings. The molecule has 192 valence electrons. The van der Waals surface area contributed by atoms with Gasteiger partial charge in [0.25, 0.3) is 5.91 Å². The van der Waals surface area contributed by atoms with Crippen LogP contribution in [-0.2, 0) is 6.54 Å². The van der Waals surface area contributed by atoms with Gasteiger partial charge in [0, 0.05) is 30.1 Å². The van der Waals surface area contributed by atoms with E-state index in [9.17, 15) is 4.79 Å². The first-order valence-electron chi connectivity index (χ1n) is 13.4. The lowest BCUT2D eigenvalue weighted by atomic mass is 9.89. The Labute approximate surface area is 214 Å². The molecule has 1 atom stereocenters. The van der Waals surface area contributed by atoms with Crippen LogP contribution >= 0.6 is 0 Å². The fourth-order valence-electron chi connectivity index (χ4n) is 5.97. The van der Waals surface area contributed by atoms with Gasteiger partial charge in [-0.25, -0.2) is 0 Å². The Morgan fingerprint density at radius 2 is 1.78 bits per heavy atom. The van der Waals surface area contributed by atoms with Gasteiger partial charge < -0.3 is 18.8 Å². The van der Waals surface area contributed by atoms with E-state index in [1.165, 1.54) is 38.5 Å². The van der Waals surface area contributed by atoms with E-state index < -0.39 is 0 Å². The summed E-state index contributed by atoms with van der Waals surface area (Å²) in [4.78, 5) is 18.5. The summed E-state index contributed by atoms with van der Waals surface area (Å²) in [5, 5.41) is 1.06. The maximum absolute atomic E-state index is 13.9. The molecule has 1 aromatic heterocycles. The highest BCUT2D eigenvalue weighted by Crippen LogP contribution is 2.31. The summed E-state index contributed by atoms with van der Waals surface area (Å²) in [5.74, 6) is 2.77. The molecule has 2 heterocycles. The summed E-state index contributed by atoms with van der Waals surface area (Å²) in [7, 11) is 3.20. The average Bonchev–Trinajstić information content (AvgIpc) is 3.54. The van der Waals surface area contributed by atoms with Crippen molar-refractivity contribution in [2.75, 3.05) is 33.9 Å². The molecule has 2 aromatic carbocycles. The van der Waals surface area contributed by atoms with Crippen LogP contribution in [0.5, 0.6) is 11.5 Å². The molecule has 0 N–H and O–H groups in total. The Bertz CT molecular complexity index is 1130. The highest BCUT2D eigenvalue weighted by Gasteiger charge is 2.31. The van der Waals surface area contributed by atoms with Crippen LogP contribution in [0.2, 0.25) is 0 Å². The van der Waals surface area contributed by atoms with Gasteiger partial charge in [0.05, 0.1) is 20.8 Å². The van der Waals surface area contributed by atoms with E-state index in [4.69, 9.17) is 13.9 Å². The molecule has 6 heteroatoms. The van der Waals surface area contributed by atoms with Crippen molar-refractivity contribution in [3.05, 3.63) is 59.9 Å². The van der Waals surface area contributed by atoms with E-state index in [0.29, 0.717) is 36.2 Å². The van der Waals surface area contributed by atoms with Crippen molar-refractivity contribution in [1.29, 1.82) is 0 Å². The first-order chi connectivity index (χ1) is 17.6. The van der Waals surface area contributed by atoms with E-state index in [2.05, 4.69) is 11.0 Å². The predicted molar refractivity (Wildman–Crippen MR) is 142 cm³/mol. The SMILES string of the molecule is COc1ccc(C(=O)N(Cc2cc3ccccc3o2)CC2CCCN2CC2CCCCC2)cc1OC. The number of furan rings is 1. The molecule has 0 bridgehead atoms. The molecule has 1 saturated carbocycles. The van der Waals surface area contributed by atoms with Crippen LogP contribution in [0.4, 0.5) is 0 Å². The molecule has 1 aliphatic heterocycles. The third kappa shape index (κ3) is 5.54. The van der Waals surface area contributed by atoms with Gasteiger partial charge in [-0.15, -0.1) is 0 Å². The highest BCUT2D eigenvalue weighted by molar-refractivity contribution is 5.95. The van der Waals surface area contributed by atoms with E-state index in [1.54, 1.807) is 26.4 Å². The quantitative estimate of drug-likeness (QED) is 0.361. The number of hydrogen-bond donors (Lipinski definition) is 0. The van der Waals surface area contributed by atoms with Crippen molar-refractivity contribution in [3.63, 3.8) is 0 Å². The fraction of sp³-hybridized carbons (Fsp3) is 0.500. The summed E-state index contributed by atoms with van der Waals surface area (Å²) in [5.41, 5.74) is 1.45. The van der Waals surface area contributed by atoms with E-state index in [1.807, 2.05) is 35.2 Å². The lowest BCUT2D eigenvalue weighted by Gasteiger charge is -2.34. The number of methoxy groups -OCH3 is 2. The van der Waals surface area contributed by atoms with Gasteiger partial charge in [-0.1, -0.05) is 37.5 Å². The van der Waals surface area contributed by atoms with Crippen LogP contribution in [0.3, 0.4) is 0 Å². The molecule has 1 unspecified atom stereocenters. The third-order valence-electron chi connectivity index (χ3n) is 7.89. The van der Waals surface area contributed by atoms with E-state index in [-0.39, 0.29) is 5.91 Å². The minimum atomic E-state index is -0.0130. The first kappa shape index (κ1) is 24.7. The molecule has 0 radical (unpaired) electrons. The zero-order chi connectivity index (χ0) is 24.9. The van der Waals surface area contributed by atoms with Crippen molar-refractivity contribution >= 4 is 16.9 Å². The molecule has 2 fully saturated rings. The zero-order valence-electron chi connectivity index (χ0n) is 21.6. The van der Waals surface area contributed by atoms with Crippen molar-refractivity contribution in [2.45, 2.75) is 57.5 Å². The maximum atomic E-state index is 13.9. The third-order valence-corrected chi connectivity index (χ3v) is 7.89. The molecular weight excluding hydrogens is 452 g/mol. The average molecular weight is 491 g/mol. The number of fused-ring (bicyclic) bond motifs is 1. The smallest absolute Gasteiger partial charge is 0.254 e. The highest BCUT2D eigenvalue weighted by atomic mass is 16.5. The van der Waals surface area contributed by atoms with Crippen LogP contribution in [0, 0.1) is 5.92 Å². The monoisotopic (exact) mass is 490 g/mol. The molecular formula is C30H38N2O4. The lowest BCUT2D eigenvalue weighted by Crippen LogP contribution is -2.44. The van der Waals surface area contributed by atoms with Gasteiger partial charge in [-0.05, 0) is 68.5 Å². The van der Waals surface area contributed by atoms with Crippen molar-refractivity contribution in [1.82, 2.24) is 9.80 Å². The summed E-state index contributed by atoms with van der Waals surface area (Å²) in [6.45, 7) is 3.42. The van der Waals surface area contributed by atoms with Gasteiger partial charge in [0.1, 0.15) is 11.3 Å². The zero-order valence-corrected chi connectivity index (χ0v) is 21.6. The summed E-state index contributed by atoms with van der Waals surface area (Å²) in [6, 6.07) is 15.8. The Morgan fingerprint density at radius 1 is 0.972 bits per heavy atom. The Hall–Kier alpha value is -2.99. The number of nitrogens with zero attached hydrogens (tertiary/aromatic N) is 2. The second-order valence-corrected chi connectivity index (χ2v) is 10.3. The maximum Gasteiger partial charge on any atom is 0.254 e. The number of amides is 1. The van der Waals surface area contributed by atoms with Crippen LogP contribution in [0.1, 0.15) is 61.1 Å². The number of carbonyl (C=O) groups excluding carboxylic acids is 1. The van der Waals surface area contributed by atoms with E-state index in [0.717, 1.165) is 42.2 Å². The van der Waals surface area contributed by atoms with Crippen LogP contribution in [0.15, 0.2) is 52.9 Å². The normalized spacial score (nSPS) is 19.0. The Morgan fingerprint density at radius 3 is 2.56 bits per heavy atom. The second-order valence-electron chi connectivity index (χ2n) is 10.3. The first-order valence-corrected chi connectivity index (χ1v) is 13.4. The van der Waals surface area contributed by atoms with Gasteiger partial charge in [0.15, 0.2) is 11.5 Å². The number of carbonyl (C=O) groups is 1. The summed E-state index contributed by atoms with van der Waals surface area (Å²) >= 11 is 0. The molecule has 3 aromatic rings. The van der Waals surface area contributed by atoms with Crippen LogP contribution in [0.25, 0.3) is 11.0 Å². The molecule has 36 heavy (non-hydrogen) atoms. The number of hydrogen-bond acceptors (Lipinski definition) is 5. The molecule has 6 nitrogen and oxygen atoms in total. The van der Waals surface area contributed by atoms with Crippen molar-refractivity contribution in [3.8, 4) is 11.5 Å². The number of likely N-dealkylation sites (tertiary alicyclic amines) is 1. The van der Waals surface area contributed by atoms with Crippen LogP contribution < -0.4 is 9.47 Å². The predicted octanol–water partition coefficient (Wildman–Crippen LogP) is 6.14. The van der Waals surface area contributed by atoms with E-state index >= 15 is 0 Å². The number of rotatable bonds is 9. The lowest BCUT2D eigenvalue weighted by molar-refractivity contribution is 0.0663. The van der Waals surface area contributed by atoms with Gasteiger partial charge in [-0.3, -0.25) is 9.69 Å². The minimum Gasteiger partial charge on any atom is -0.493 e. The molecule has 0 spiro atoms. The van der Waals surface area contributed by atoms with Crippen molar-refractivity contribution < 1.29 is 18.7 Å². The number of ether oxygens (including phenoxy) is 2. The minimum absolute atomic E-state index is 0.0130. The standard InChI is InChI=1S/C30H38N2O4/c1-34-28-15-14-24(18-29(28)35-2)30(33)32(21-26-17-23-11-6-7-13-27(23)36-26)20-25-12-8-16-31(25)19-22-9-4-3-5-10-22/h6-7,11,13-15,17-18,22,25H,3-5,8-10,12,16,19-21H2,1-2H3. The number of para-hydroxylation sites is 1. The summed E-state index contributed by atoms with van der Waals surface area (Å²) < 4.78 is 17.0. The topological polar surface area (TPSA) is 55.2 Å². The van der Waals surface area contributed by atoms with Gasteiger partial charge >= 0.3 is 0 Å². The Balaban J connectivity index is 1.38. The Kier molecular flexibility index (Phi) is 7.81. The summed E-state index contributed by atoms with van der Waals surface area (Å²) in [6.07, 6.45) is 9.11. The molecule has 5 rings (SSSR count). The largest absolute Gasteiger partial charge is 0.493 e. The molecule has 1 amide bonds. The second kappa shape index (κ2) is 11.4. The fourth-order valence-corrected chi connectivity index (χ4v) is 5.97. The van der Waals surface area contributed by atoms with Gasteiger partial charge in [-0.2, -0.15) is 0 Å². The van der Waals surface area contributed by atoms with Crippen molar-refractivity contribution in [2.24, 2.45) is 5.92 Å². The molecule has 1 aliphatic carbocycles. The van der Waals surface area contributed by atoms with Gasteiger partial charge in [0.2, 0.25) is 0 Å². The molecule has 1 saturated heterocycles. The van der Waals surface area contributed by atoms with Crippen LogP contribution in [-0.4, -0.2) is 55.6 Å². The number of benzene rings is 2.